The number of para-hydroxylation sites is 1. The fourth-order valence-corrected chi connectivity index (χ4v) is 4.31. The van der Waals surface area contributed by atoms with Crippen LogP contribution in [0.1, 0.15) is 5.56 Å². The Morgan fingerprint density at radius 3 is 2.62 bits per heavy atom. The van der Waals surface area contributed by atoms with E-state index < -0.39 is 0 Å². The molecule has 2 fully saturated rings. The predicted molar refractivity (Wildman–Crippen MR) is 116 cm³/mol. The van der Waals surface area contributed by atoms with E-state index in [1.165, 1.54) is 0 Å². The lowest BCUT2D eigenvalue weighted by atomic mass is 10.1. The monoisotopic (exact) mass is 394 g/mol. The van der Waals surface area contributed by atoms with Crippen LogP contribution in [0.25, 0.3) is 6.08 Å². The molecule has 1 aromatic heterocycles. The first-order valence-electron chi connectivity index (χ1n) is 10.3. The lowest BCUT2D eigenvalue weighted by molar-refractivity contribution is 0.0790. The molecule has 3 heterocycles. The second kappa shape index (κ2) is 9.39. The summed E-state index contributed by atoms with van der Waals surface area (Å²) in [5.74, 6) is 1.93. The molecular formula is C23H30N4O2. The van der Waals surface area contributed by atoms with Gasteiger partial charge in [0.05, 0.1) is 13.2 Å². The maximum atomic E-state index is 10.6. The molecule has 0 amide bonds. The Labute approximate surface area is 173 Å². The van der Waals surface area contributed by atoms with Gasteiger partial charge in [0.1, 0.15) is 11.6 Å². The Bertz CT molecular complexity index is 806. The van der Waals surface area contributed by atoms with Gasteiger partial charge >= 0.3 is 0 Å². The largest absolute Gasteiger partial charge is 0.496 e. The van der Waals surface area contributed by atoms with Crippen LogP contribution in [0, 0.1) is 0 Å². The van der Waals surface area contributed by atoms with Crippen LogP contribution in [0.5, 0.6) is 5.75 Å². The first-order valence-corrected chi connectivity index (χ1v) is 10.3. The normalized spacial score (nSPS) is 23.7. The van der Waals surface area contributed by atoms with Crippen molar-refractivity contribution in [3.05, 3.63) is 60.3 Å². The van der Waals surface area contributed by atoms with Gasteiger partial charge in [-0.25, -0.2) is 4.98 Å². The summed E-state index contributed by atoms with van der Waals surface area (Å²) in [5, 5.41) is 10.6. The third kappa shape index (κ3) is 4.78. The van der Waals surface area contributed by atoms with Crippen molar-refractivity contribution in [3.63, 3.8) is 0 Å². The second-order valence-electron chi connectivity index (χ2n) is 7.71. The molecule has 2 aliphatic rings. The Morgan fingerprint density at radius 1 is 1.07 bits per heavy atom. The number of aliphatic hydroxyl groups excluding tert-OH is 1. The minimum Gasteiger partial charge on any atom is -0.496 e. The zero-order valence-electron chi connectivity index (χ0n) is 17.0. The van der Waals surface area contributed by atoms with E-state index in [0.29, 0.717) is 0 Å². The minimum absolute atomic E-state index is 0.209. The van der Waals surface area contributed by atoms with E-state index in [0.717, 1.165) is 62.9 Å². The molecule has 0 radical (unpaired) electrons. The highest BCUT2D eigenvalue weighted by Crippen LogP contribution is 2.21. The second-order valence-corrected chi connectivity index (χ2v) is 7.71. The van der Waals surface area contributed by atoms with Gasteiger partial charge in [0.2, 0.25) is 0 Å². The number of β-amino-alcohol motifs (C(OH)–C–C–N with tert-alkyl or cyclic N) is 1. The smallest absolute Gasteiger partial charge is 0.128 e. The van der Waals surface area contributed by atoms with Crippen molar-refractivity contribution in [2.24, 2.45) is 0 Å². The number of rotatable bonds is 6. The summed E-state index contributed by atoms with van der Waals surface area (Å²) in [5.41, 5.74) is 1.08. The van der Waals surface area contributed by atoms with E-state index >= 15 is 0 Å². The van der Waals surface area contributed by atoms with Gasteiger partial charge in [-0.05, 0) is 18.2 Å². The van der Waals surface area contributed by atoms with Crippen LogP contribution in [0.2, 0.25) is 0 Å². The molecule has 2 saturated heterocycles. The van der Waals surface area contributed by atoms with E-state index in [1.54, 1.807) is 7.11 Å². The quantitative estimate of drug-likeness (QED) is 0.809. The molecule has 2 aromatic rings. The number of likely N-dealkylation sites (tertiary alicyclic amines) is 1. The van der Waals surface area contributed by atoms with E-state index in [-0.39, 0.29) is 12.1 Å². The van der Waals surface area contributed by atoms with Crippen LogP contribution in [0.15, 0.2) is 54.7 Å². The average Bonchev–Trinajstić information content (AvgIpc) is 3.15. The fraction of sp³-hybridized carbons (Fsp3) is 0.435. The van der Waals surface area contributed by atoms with Gasteiger partial charge in [-0.2, -0.15) is 0 Å². The van der Waals surface area contributed by atoms with Gasteiger partial charge in [-0.1, -0.05) is 36.4 Å². The van der Waals surface area contributed by atoms with Gasteiger partial charge in [0.25, 0.3) is 0 Å². The summed E-state index contributed by atoms with van der Waals surface area (Å²) < 4.78 is 5.40. The molecule has 0 spiro atoms. The van der Waals surface area contributed by atoms with Crippen molar-refractivity contribution in [3.8, 4) is 5.75 Å². The molecule has 6 nitrogen and oxygen atoms in total. The summed E-state index contributed by atoms with van der Waals surface area (Å²) in [6.07, 6.45) is 5.81. The summed E-state index contributed by atoms with van der Waals surface area (Å²) in [6.45, 7) is 6.29. The van der Waals surface area contributed by atoms with Crippen LogP contribution in [0.4, 0.5) is 5.82 Å². The molecule has 29 heavy (non-hydrogen) atoms. The number of aliphatic hydroxyl groups is 1. The highest BCUT2D eigenvalue weighted by atomic mass is 16.5. The summed E-state index contributed by atoms with van der Waals surface area (Å²) >= 11 is 0. The van der Waals surface area contributed by atoms with Crippen molar-refractivity contribution >= 4 is 11.9 Å². The molecule has 0 unspecified atom stereocenters. The third-order valence-electron chi connectivity index (χ3n) is 5.89. The Kier molecular flexibility index (Phi) is 6.44. The number of hydrogen-bond acceptors (Lipinski definition) is 6. The Morgan fingerprint density at radius 2 is 1.86 bits per heavy atom. The topological polar surface area (TPSA) is 52.1 Å². The molecule has 154 valence electrons. The molecule has 0 aliphatic carbocycles. The van der Waals surface area contributed by atoms with Crippen molar-refractivity contribution in [2.45, 2.75) is 12.1 Å². The van der Waals surface area contributed by atoms with Crippen LogP contribution in [-0.2, 0) is 0 Å². The van der Waals surface area contributed by atoms with Gasteiger partial charge < -0.3 is 14.7 Å². The molecule has 4 rings (SSSR count). The van der Waals surface area contributed by atoms with E-state index in [2.05, 4.69) is 44.0 Å². The number of anilines is 1. The minimum atomic E-state index is -0.295. The maximum absolute atomic E-state index is 10.6. The predicted octanol–water partition coefficient (Wildman–Crippen LogP) is 1.97. The summed E-state index contributed by atoms with van der Waals surface area (Å²) in [7, 11) is 1.70. The lowest BCUT2D eigenvalue weighted by Crippen LogP contribution is -2.54. The molecule has 1 aromatic carbocycles. The van der Waals surface area contributed by atoms with Crippen LogP contribution in [-0.4, -0.2) is 85.0 Å². The number of nitrogens with zero attached hydrogens (tertiary/aromatic N) is 4. The maximum Gasteiger partial charge on any atom is 0.128 e. The molecule has 0 saturated carbocycles. The van der Waals surface area contributed by atoms with Crippen molar-refractivity contribution < 1.29 is 9.84 Å². The fourth-order valence-electron chi connectivity index (χ4n) is 4.31. The van der Waals surface area contributed by atoms with Crippen molar-refractivity contribution in [1.29, 1.82) is 0 Å². The number of ether oxygens (including phenoxy) is 1. The van der Waals surface area contributed by atoms with E-state index in [9.17, 15) is 5.11 Å². The third-order valence-corrected chi connectivity index (χ3v) is 5.89. The van der Waals surface area contributed by atoms with E-state index in [4.69, 9.17) is 4.74 Å². The number of benzene rings is 1. The SMILES string of the molecule is COc1ccccc1C=CCN1C[C@H](O)[C@@H](N2CCN(c3ccccn3)CC2)C1. The highest BCUT2D eigenvalue weighted by molar-refractivity contribution is 5.57. The number of piperazine rings is 1. The highest BCUT2D eigenvalue weighted by Gasteiger charge is 2.36. The first-order chi connectivity index (χ1) is 14.2. The molecule has 6 heteroatoms. The summed E-state index contributed by atoms with van der Waals surface area (Å²) in [6, 6.07) is 14.3. The van der Waals surface area contributed by atoms with Crippen LogP contribution in [0.3, 0.4) is 0 Å². The molecular weight excluding hydrogens is 364 g/mol. The molecule has 1 N–H and O–H groups in total. The zero-order chi connectivity index (χ0) is 20.1. The molecule has 2 atom stereocenters. The number of methoxy groups -OCH3 is 1. The standard InChI is InChI=1S/C23H30N4O2/c1-29-22-9-3-2-7-19(22)8-6-12-25-17-20(21(28)18-25)26-13-15-27(16-14-26)23-10-4-5-11-24-23/h2-11,20-21,28H,12-18H2,1H3/t20-,21-/m0/s1. The van der Waals surface area contributed by atoms with Crippen molar-refractivity contribution in [1.82, 2.24) is 14.8 Å². The van der Waals surface area contributed by atoms with Gasteiger partial charge in [-0.3, -0.25) is 9.80 Å². The number of hydrogen-bond donors (Lipinski definition) is 1. The summed E-state index contributed by atoms with van der Waals surface area (Å²) in [4.78, 5) is 11.5. The molecule has 0 bridgehead atoms. The zero-order valence-corrected chi connectivity index (χ0v) is 17.0. The van der Waals surface area contributed by atoms with Crippen LogP contribution >= 0.6 is 0 Å². The van der Waals surface area contributed by atoms with Gasteiger partial charge in [-0.15, -0.1) is 0 Å². The number of aromatic nitrogens is 1. The Hall–Kier alpha value is -2.41. The average molecular weight is 395 g/mol. The van der Waals surface area contributed by atoms with E-state index in [1.807, 2.05) is 36.5 Å². The van der Waals surface area contributed by atoms with Gasteiger partial charge in [0, 0.05) is 63.6 Å². The Balaban J connectivity index is 1.28. The van der Waals surface area contributed by atoms with Crippen LogP contribution < -0.4 is 9.64 Å². The van der Waals surface area contributed by atoms with Crippen molar-refractivity contribution in [2.75, 3.05) is 57.8 Å². The first kappa shape index (κ1) is 19.9. The lowest BCUT2D eigenvalue weighted by Gasteiger charge is -2.39. The number of pyridine rings is 1. The molecule has 2 aliphatic heterocycles. The van der Waals surface area contributed by atoms with Gasteiger partial charge in [0.15, 0.2) is 0 Å².